The van der Waals surface area contributed by atoms with Crippen LogP contribution in [0.15, 0.2) is 24.3 Å². The molecule has 23 heavy (non-hydrogen) atoms. The zero-order valence-corrected chi connectivity index (χ0v) is 14.8. The zero-order chi connectivity index (χ0) is 17.5. The molecule has 1 aromatic rings. The molecule has 1 aromatic carbocycles. The molecule has 0 fully saturated rings. The number of amides is 1. The summed E-state index contributed by atoms with van der Waals surface area (Å²) in [6.07, 6.45) is 1.18. The van der Waals surface area contributed by atoms with Crippen LogP contribution in [0, 0.1) is 5.82 Å². The molecule has 0 aromatic heterocycles. The van der Waals surface area contributed by atoms with Crippen LogP contribution >= 0.6 is 0 Å². The van der Waals surface area contributed by atoms with Crippen LogP contribution in [0.2, 0.25) is 0 Å². The molecule has 1 rings (SSSR count). The van der Waals surface area contributed by atoms with Gasteiger partial charge in [0.05, 0.1) is 0 Å². The van der Waals surface area contributed by atoms with Crippen LogP contribution in [0.25, 0.3) is 0 Å². The van der Waals surface area contributed by atoms with E-state index >= 15 is 0 Å². The van der Waals surface area contributed by atoms with Gasteiger partial charge < -0.3 is 15.4 Å². The fourth-order valence-electron chi connectivity index (χ4n) is 2.22. The summed E-state index contributed by atoms with van der Waals surface area (Å²) in [7, 11) is 0. The lowest BCUT2D eigenvalue weighted by atomic mass is 10.1. The lowest BCUT2D eigenvalue weighted by Gasteiger charge is -2.22. The van der Waals surface area contributed by atoms with Crippen molar-refractivity contribution in [3.05, 3.63) is 35.6 Å². The second kappa shape index (κ2) is 8.87. The largest absolute Gasteiger partial charge is 0.444 e. The van der Waals surface area contributed by atoms with Gasteiger partial charge in [-0.1, -0.05) is 12.1 Å². The highest BCUT2D eigenvalue weighted by atomic mass is 19.1. The molecular formula is C18H29FN2O2. The van der Waals surface area contributed by atoms with Crippen LogP contribution in [-0.4, -0.2) is 30.3 Å². The molecule has 0 bridgehead atoms. The number of rotatable bonds is 7. The van der Waals surface area contributed by atoms with E-state index in [4.69, 9.17) is 4.74 Å². The third-order valence-corrected chi connectivity index (χ3v) is 3.26. The summed E-state index contributed by atoms with van der Waals surface area (Å²) >= 11 is 0. The van der Waals surface area contributed by atoms with E-state index in [2.05, 4.69) is 17.6 Å². The highest BCUT2D eigenvalue weighted by molar-refractivity contribution is 5.67. The van der Waals surface area contributed by atoms with E-state index in [1.54, 1.807) is 12.1 Å². The Balaban J connectivity index is 2.23. The Labute approximate surface area is 138 Å². The molecule has 2 N–H and O–H groups in total. The Hall–Kier alpha value is -1.62. The second-order valence-corrected chi connectivity index (χ2v) is 7.03. The standard InChI is InChI=1S/C18H29FN2O2/c1-13(21-17(22)23-18(3,4)5)9-10-20-14(2)11-15-7-6-8-16(19)12-15/h6-8,12-14,20H,9-11H2,1-5H3,(H,21,22). The van der Waals surface area contributed by atoms with Crippen LogP contribution in [0.4, 0.5) is 9.18 Å². The number of hydrogen-bond acceptors (Lipinski definition) is 3. The van der Waals surface area contributed by atoms with Crippen molar-refractivity contribution >= 4 is 6.09 Å². The minimum atomic E-state index is -0.485. The second-order valence-electron chi connectivity index (χ2n) is 7.03. The minimum absolute atomic E-state index is 0.0266. The predicted molar refractivity (Wildman–Crippen MR) is 91.0 cm³/mol. The van der Waals surface area contributed by atoms with Gasteiger partial charge >= 0.3 is 6.09 Å². The molecule has 0 saturated carbocycles. The molecule has 0 aliphatic carbocycles. The van der Waals surface area contributed by atoms with Crippen molar-refractivity contribution in [1.29, 1.82) is 0 Å². The van der Waals surface area contributed by atoms with Gasteiger partial charge in [-0.25, -0.2) is 9.18 Å². The van der Waals surface area contributed by atoms with E-state index in [0.29, 0.717) is 0 Å². The van der Waals surface area contributed by atoms with Crippen LogP contribution in [0.1, 0.15) is 46.6 Å². The summed E-state index contributed by atoms with van der Waals surface area (Å²) in [4.78, 5) is 11.6. The SMILES string of the molecule is CC(Cc1cccc(F)c1)NCCC(C)NC(=O)OC(C)(C)C. The number of nitrogens with one attached hydrogen (secondary N) is 2. The monoisotopic (exact) mass is 324 g/mol. The molecular weight excluding hydrogens is 295 g/mol. The van der Waals surface area contributed by atoms with Gasteiger partial charge in [0.2, 0.25) is 0 Å². The van der Waals surface area contributed by atoms with Crippen molar-refractivity contribution in [1.82, 2.24) is 10.6 Å². The number of carbonyl (C=O) groups is 1. The van der Waals surface area contributed by atoms with Gasteiger partial charge in [0.15, 0.2) is 0 Å². The van der Waals surface area contributed by atoms with E-state index in [-0.39, 0.29) is 17.9 Å². The van der Waals surface area contributed by atoms with Crippen molar-refractivity contribution in [3.63, 3.8) is 0 Å². The van der Waals surface area contributed by atoms with Gasteiger partial charge in [0, 0.05) is 12.1 Å². The molecule has 0 radical (unpaired) electrons. The summed E-state index contributed by atoms with van der Waals surface area (Å²) < 4.78 is 18.4. The van der Waals surface area contributed by atoms with Gasteiger partial charge in [-0.05, 0) is 71.7 Å². The first-order valence-corrected chi connectivity index (χ1v) is 8.13. The molecule has 0 saturated heterocycles. The molecule has 0 heterocycles. The van der Waals surface area contributed by atoms with Gasteiger partial charge in [-0.2, -0.15) is 0 Å². The van der Waals surface area contributed by atoms with Crippen molar-refractivity contribution < 1.29 is 13.9 Å². The van der Waals surface area contributed by atoms with E-state index in [9.17, 15) is 9.18 Å². The molecule has 0 aliphatic rings. The van der Waals surface area contributed by atoms with Crippen LogP contribution < -0.4 is 10.6 Å². The molecule has 0 spiro atoms. The van der Waals surface area contributed by atoms with E-state index in [1.807, 2.05) is 33.8 Å². The maximum absolute atomic E-state index is 13.1. The van der Waals surface area contributed by atoms with Gasteiger partial charge in [-0.3, -0.25) is 0 Å². The predicted octanol–water partition coefficient (Wildman–Crippen LogP) is 3.65. The third-order valence-electron chi connectivity index (χ3n) is 3.26. The first-order chi connectivity index (χ1) is 10.7. The number of benzene rings is 1. The lowest BCUT2D eigenvalue weighted by molar-refractivity contribution is 0.0506. The fraction of sp³-hybridized carbons (Fsp3) is 0.611. The van der Waals surface area contributed by atoms with Crippen molar-refractivity contribution in [3.8, 4) is 0 Å². The van der Waals surface area contributed by atoms with E-state index in [1.165, 1.54) is 6.07 Å². The molecule has 5 heteroatoms. The number of alkyl carbamates (subject to hydrolysis) is 1. The summed E-state index contributed by atoms with van der Waals surface area (Å²) in [5, 5.41) is 6.20. The molecule has 0 aliphatic heterocycles. The van der Waals surface area contributed by atoms with Crippen LogP contribution in [0.3, 0.4) is 0 Å². The summed E-state index contributed by atoms with van der Waals surface area (Å²) in [5.74, 6) is -0.204. The molecule has 1 amide bonds. The van der Waals surface area contributed by atoms with Gasteiger partial charge in [0.1, 0.15) is 11.4 Å². The van der Waals surface area contributed by atoms with E-state index < -0.39 is 11.7 Å². The Morgan fingerprint density at radius 3 is 2.57 bits per heavy atom. The average Bonchev–Trinajstić information content (AvgIpc) is 2.35. The number of halogens is 1. The van der Waals surface area contributed by atoms with Crippen LogP contribution in [-0.2, 0) is 11.2 Å². The Morgan fingerprint density at radius 1 is 1.26 bits per heavy atom. The summed E-state index contributed by atoms with van der Waals surface area (Å²) in [6, 6.07) is 6.93. The quantitative estimate of drug-likeness (QED) is 0.805. The minimum Gasteiger partial charge on any atom is -0.444 e. The number of carbonyl (C=O) groups excluding carboxylic acids is 1. The summed E-state index contributed by atoms with van der Waals surface area (Å²) in [6.45, 7) is 10.3. The first-order valence-electron chi connectivity index (χ1n) is 8.13. The van der Waals surface area contributed by atoms with Gasteiger partial charge in [-0.15, -0.1) is 0 Å². The highest BCUT2D eigenvalue weighted by Crippen LogP contribution is 2.08. The van der Waals surface area contributed by atoms with E-state index in [0.717, 1.165) is 24.9 Å². The topological polar surface area (TPSA) is 50.4 Å². The third kappa shape index (κ3) is 9.18. The summed E-state index contributed by atoms with van der Waals surface area (Å²) in [5.41, 5.74) is 0.492. The first kappa shape index (κ1) is 19.4. The molecule has 130 valence electrons. The normalized spacial score (nSPS) is 14.2. The Morgan fingerprint density at radius 2 is 1.96 bits per heavy atom. The molecule has 4 nitrogen and oxygen atoms in total. The highest BCUT2D eigenvalue weighted by Gasteiger charge is 2.17. The number of hydrogen-bond donors (Lipinski definition) is 2. The fourth-order valence-corrected chi connectivity index (χ4v) is 2.22. The van der Waals surface area contributed by atoms with Crippen molar-refractivity contribution in [2.75, 3.05) is 6.54 Å². The molecule has 2 unspecified atom stereocenters. The Kier molecular flexibility index (Phi) is 7.49. The maximum Gasteiger partial charge on any atom is 0.407 e. The van der Waals surface area contributed by atoms with Crippen molar-refractivity contribution in [2.45, 2.75) is 65.1 Å². The zero-order valence-electron chi connectivity index (χ0n) is 14.8. The smallest absolute Gasteiger partial charge is 0.407 e. The number of ether oxygens (including phenoxy) is 1. The van der Waals surface area contributed by atoms with Crippen molar-refractivity contribution in [2.24, 2.45) is 0 Å². The van der Waals surface area contributed by atoms with Gasteiger partial charge in [0.25, 0.3) is 0 Å². The Bertz CT molecular complexity index is 500. The van der Waals surface area contributed by atoms with Crippen LogP contribution in [0.5, 0.6) is 0 Å². The lowest BCUT2D eigenvalue weighted by Crippen LogP contribution is -2.40. The maximum atomic E-state index is 13.1. The molecule has 2 atom stereocenters. The average molecular weight is 324 g/mol.